The van der Waals surface area contributed by atoms with E-state index in [1.54, 1.807) is 50.2 Å². The van der Waals surface area contributed by atoms with Gasteiger partial charge in [-0.2, -0.15) is 0 Å². The standard InChI is InChI=1S/C19H22N2O5S/c1-13(2)21-27(23,24)11-16-6-4-3-5-15(16)10-20-19(22)14-7-8-17-18(9-14)26-12-25-17/h3-9,13,21H,10-12H2,1-2H3,(H,20,22). The Bertz CT molecular complexity index is 941. The van der Waals surface area contributed by atoms with Crippen LogP contribution in [0.1, 0.15) is 35.3 Å². The first-order valence-electron chi connectivity index (χ1n) is 8.59. The summed E-state index contributed by atoms with van der Waals surface area (Å²) >= 11 is 0. The molecule has 0 saturated heterocycles. The quantitative estimate of drug-likeness (QED) is 0.756. The van der Waals surface area contributed by atoms with Gasteiger partial charge in [0.25, 0.3) is 5.91 Å². The molecular formula is C19H22N2O5S. The van der Waals surface area contributed by atoms with Crippen molar-refractivity contribution in [2.75, 3.05) is 6.79 Å². The lowest BCUT2D eigenvalue weighted by Crippen LogP contribution is -2.31. The molecule has 1 amide bonds. The zero-order valence-corrected chi connectivity index (χ0v) is 16.0. The van der Waals surface area contributed by atoms with E-state index in [9.17, 15) is 13.2 Å². The Morgan fingerprint density at radius 3 is 2.52 bits per heavy atom. The summed E-state index contributed by atoms with van der Waals surface area (Å²) in [6.07, 6.45) is 0. The Morgan fingerprint density at radius 1 is 1.07 bits per heavy atom. The molecular weight excluding hydrogens is 368 g/mol. The van der Waals surface area contributed by atoms with Crippen LogP contribution >= 0.6 is 0 Å². The first kappa shape index (κ1) is 19.2. The van der Waals surface area contributed by atoms with Gasteiger partial charge in [0.2, 0.25) is 16.8 Å². The van der Waals surface area contributed by atoms with E-state index in [0.29, 0.717) is 22.6 Å². The Morgan fingerprint density at radius 2 is 1.78 bits per heavy atom. The Labute approximate surface area is 158 Å². The molecule has 1 aliphatic heterocycles. The van der Waals surface area contributed by atoms with Crippen molar-refractivity contribution in [1.82, 2.24) is 10.0 Å². The second kappa shape index (κ2) is 7.98. The molecule has 3 rings (SSSR count). The Balaban J connectivity index is 1.68. The first-order valence-corrected chi connectivity index (χ1v) is 10.2. The average molecular weight is 390 g/mol. The molecule has 2 aromatic carbocycles. The number of fused-ring (bicyclic) bond motifs is 1. The molecule has 0 atom stereocenters. The monoisotopic (exact) mass is 390 g/mol. The van der Waals surface area contributed by atoms with Crippen LogP contribution in [0.4, 0.5) is 0 Å². The smallest absolute Gasteiger partial charge is 0.251 e. The predicted molar refractivity (Wildman–Crippen MR) is 101 cm³/mol. The van der Waals surface area contributed by atoms with Gasteiger partial charge in [-0.3, -0.25) is 4.79 Å². The number of sulfonamides is 1. The summed E-state index contributed by atoms with van der Waals surface area (Å²) in [5.41, 5.74) is 1.85. The number of hydrogen-bond acceptors (Lipinski definition) is 5. The minimum absolute atomic E-state index is 0.138. The van der Waals surface area contributed by atoms with Crippen LogP contribution in [0.25, 0.3) is 0 Å². The second-order valence-corrected chi connectivity index (χ2v) is 8.30. The fourth-order valence-corrected chi connectivity index (χ4v) is 4.28. The minimum atomic E-state index is -3.45. The molecule has 1 aliphatic rings. The summed E-state index contributed by atoms with van der Waals surface area (Å²) in [6.45, 7) is 3.91. The summed E-state index contributed by atoms with van der Waals surface area (Å²) in [4.78, 5) is 12.4. The molecule has 2 aromatic rings. The summed E-state index contributed by atoms with van der Waals surface area (Å²) in [6, 6.07) is 12.0. The highest BCUT2D eigenvalue weighted by molar-refractivity contribution is 7.88. The zero-order chi connectivity index (χ0) is 19.4. The molecule has 1 heterocycles. The van der Waals surface area contributed by atoms with Crippen molar-refractivity contribution >= 4 is 15.9 Å². The third kappa shape index (κ3) is 4.99. The molecule has 0 saturated carbocycles. The molecule has 0 unspecified atom stereocenters. The number of nitrogens with one attached hydrogen (secondary N) is 2. The van der Waals surface area contributed by atoms with Crippen LogP contribution in [0.5, 0.6) is 11.5 Å². The highest BCUT2D eigenvalue weighted by Crippen LogP contribution is 2.32. The van der Waals surface area contributed by atoms with E-state index in [0.717, 1.165) is 5.56 Å². The number of carbonyl (C=O) groups is 1. The molecule has 8 heteroatoms. The number of rotatable bonds is 7. The van der Waals surface area contributed by atoms with Gasteiger partial charge < -0.3 is 14.8 Å². The van der Waals surface area contributed by atoms with Gasteiger partial charge >= 0.3 is 0 Å². The van der Waals surface area contributed by atoms with Gasteiger partial charge in [0.15, 0.2) is 11.5 Å². The van der Waals surface area contributed by atoms with E-state index in [4.69, 9.17) is 9.47 Å². The van der Waals surface area contributed by atoms with Gasteiger partial charge in [0.1, 0.15) is 0 Å². The summed E-state index contributed by atoms with van der Waals surface area (Å²) in [5, 5.41) is 2.82. The lowest BCUT2D eigenvalue weighted by Gasteiger charge is -2.13. The molecule has 144 valence electrons. The Hall–Kier alpha value is -2.58. The SMILES string of the molecule is CC(C)NS(=O)(=O)Cc1ccccc1CNC(=O)c1ccc2c(c1)OCO2. The first-order chi connectivity index (χ1) is 12.8. The predicted octanol–water partition coefficient (Wildman–Crippen LogP) is 2.17. The fraction of sp³-hybridized carbons (Fsp3) is 0.316. The summed E-state index contributed by atoms with van der Waals surface area (Å²) in [7, 11) is -3.45. The number of carbonyl (C=O) groups excluding carboxylic acids is 1. The molecule has 0 aliphatic carbocycles. The summed E-state index contributed by atoms with van der Waals surface area (Å²) in [5.74, 6) is 0.737. The van der Waals surface area contributed by atoms with Crippen molar-refractivity contribution < 1.29 is 22.7 Å². The van der Waals surface area contributed by atoms with Crippen LogP contribution < -0.4 is 19.5 Å². The van der Waals surface area contributed by atoms with E-state index in [2.05, 4.69) is 10.0 Å². The second-order valence-electron chi connectivity index (χ2n) is 6.55. The van der Waals surface area contributed by atoms with Crippen LogP contribution in [0, 0.1) is 0 Å². The molecule has 27 heavy (non-hydrogen) atoms. The average Bonchev–Trinajstić information content (AvgIpc) is 3.06. The topological polar surface area (TPSA) is 93.7 Å². The van der Waals surface area contributed by atoms with E-state index >= 15 is 0 Å². The van der Waals surface area contributed by atoms with Crippen molar-refractivity contribution in [1.29, 1.82) is 0 Å². The van der Waals surface area contributed by atoms with Crippen LogP contribution in [0.3, 0.4) is 0 Å². The third-order valence-electron chi connectivity index (χ3n) is 3.95. The third-order valence-corrected chi connectivity index (χ3v) is 5.47. The number of benzene rings is 2. The highest BCUT2D eigenvalue weighted by atomic mass is 32.2. The lowest BCUT2D eigenvalue weighted by atomic mass is 10.1. The maximum atomic E-state index is 12.4. The van der Waals surface area contributed by atoms with E-state index in [1.807, 2.05) is 6.07 Å². The van der Waals surface area contributed by atoms with Crippen LogP contribution in [-0.4, -0.2) is 27.2 Å². The van der Waals surface area contributed by atoms with Gasteiger partial charge in [0, 0.05) is 18.2 Å². The van der Waals surface area contributed by atoms with Crippen molar-refractivity contribution in [3.63, 3.8) is 0 Å². The molecule has 7 nitrogen and oxygen atoms in total. The molecule has 0 aromatic heterocycles. The molecule has 0 spiro atoms. The highest BCUT2D eigenvalue weighted by Gasteiger charge is 2.18. The van der Waals surface area contributed by atoms with Gasteiger partial charge in [-0.15, -0.1) is 0 Å². The van der Waals surface area contributed by atoms with Gasteiger partial charge in [-0.25, -0.2) is 13.1 Å². The molecule has 0 radical (unpaired) electrons. The van der Waals surface area contributed by atoms with Crippen LogP contribution in [-0.2, 0) is 22.3 Å². The largest absolute Gasteiger partial charge is 0.454 e. The molecule has 0 bridgehead atoms. The normalized spacial score (nSPS) is 13.0. The van der Waals surface area contributed by atoms with Gasteiger partial charge in [-0.05, 0) is 43.2 Å². The lowest BCUT2D eigenvalue weighted by molar-refractivity contribution is 0.0950. The number of hydrogen-bond donors (Lipinski definition) is 2. The molecule has 0 fully saturated rings. The number of ether oxygens (including phenoxy) is 2. The molecule has 2 N–H and O–H groups in total. The number of amides is 1. The zero-order valence-electron chi connectivity index (χ0n) is 15.2. The van der Waals surface area contributed by atoms with E-state index < -0.39 is 10.0 Å². The van der Waals surface area contributed by atoms with Gasteiger partial charge in [0.05, 0.1) is 5.75 Å². The minimum Gasteiger partial charge on any atom is -0.454 e. The van der Waals surface area contributed by atoms with Crippen LogP contribution in [0.15, 0.2) is 42.5 Å². The van der Waals surface area contributed by atoms with Crippen LogP contribution in [0.2, 0.25) is 0 Å². The Kier molecular flexibility index (Phi) is 5.67. The van der Waals surface area contributed by atoms with Crippen molar-refractivity contribution in [3.8, 4) is 11.5 Å². The van der Waals surface area contributed by atoms with E-state index in [-0.39, 0.29) is 31.0 Å². The maximum absolute atomic E-state index is 12.4. The van der Waals surface area contributed by atoms with Gasteiger partial charge in [-0.1, -0.05) is 24.3 Å². The van der Waals surface area contributed by atoms with E-state index in [1.165, 1.54) is 0 Å². The fourth-order valence-electron chi connectivity index (χ4n) is 2.79. The van der Waals surface area contributed by atoms with Crippen molar-refractivity contribution in [2.45, 2.75) is 32.2 Å². The maximum Gasteiger partial charge on any atom is 0.251 e. The van der Waals surface area contributed by atoms with Crippen molar-refractivity contribution in [2.24, 2.45) is 0 Å². The summed E-state index contributed by atoms with van der Waals surface area (Å²) < 4.78 is 37.5. The van der Waals surface area contributed by atoms with Crippen molar-refractivity contribution in [3.05, 3.63) is 59.2 Å².